The van der Waals surface area contributed by atoms with E-state index in [4.69, 9.17) is 4.74 Å². The Balaban J connectivity index is 2.64. The predicted molar refractivity (Wildman–Crippen MR) is 73.4 cm³/mol. The average Bonchev–Trinajstić information content (AvgIpc) is 2.26. The Morgan fingerprint density at radius 1 is 1.16 bits per heavy atom. The Morgan fingerprint density at radius 2 is 1.74 bits per heavy atom. The summed E-state index contributed by atoms with van der Waals surface area (Å²) in [6.07, 6.45) is 0. The highest BCUT2D eigenvalue weighted by molar-refractivity contribution is 5.80. The van der Waals surface area contributed by atoms with Gasteiger partial charge < -0.3 is 9.64 Å². The van der Waals surface area contributed by atoms with Gasteiger partial charge in [-0.3, -0.25) is 9.59 Å². The number of esters is 1. The smallest absolute Gasteiger partial charge is 0.326 e. The first-order valence-electron chi connectivity index (χ1n) is 6.29. The van der Waals surface area contributed by atoms with Crippen molar-refractivity contribution in [2.45, 2.75) is 39.8 Å². The van der Waals surface area contributed by atoms with Crippen molar-refractivity contribution >= 4 is 11.9 Å². The van der Waals surface area contributed by atoms with E-state index in [9.17, 15) is 9.59 Å². The van der Waals surface area contributed by atoms with Crippen LogP contribution in [-0.4, -0.2) is 28.9 Å². The zero-order valence-electron chi connectivity index (χ0n) is 12.0. The number of carbonyl (C=O) groups is 2. The van der Waals surface area contributed by atoms with Gasteiger partial charge >= 0.3 is 5.97 Å². The van der Waals surface area contributed by atoms with Gasteiger partial charge in [0.25, 0.3) is 0 Å². The van der Waals surface area contributed by atoms with E-state index in [1.807, 2.05) is 30.3 Å². The maximum absolute atomic E-state index is 11.7. The monoisotopic (exact) mass is 263 g/mol. The SMILES string of the molecule is CC(=O)N(CC(=O)OC(C)(C)C)Cc1ccccc1. The third-order valence-corrected chi connectivity index (χ3v) is 2.40. The topological polar surface area (TPSA) is 46.6 Å². The van der Waals surface area contributed by atoms with Crippen molar-refractivity contribution in [3.8, 4) is 0 Å². The van der Waals surface area contributed by atoms with Crippen molar-refractivity contribution < 1.29 is 14.3 Å². The summed E-state index contributed by atoms with van der Waals surface area (Å²) in [6.45, 7) is 7.25. The van der Waals surface area contributed by atoms with E-state index < -0.39 is 11.6 Å². The van der Waals surface area contributed by atoms with Crippen molar-refractivity contribution in [2.24, 2.45) is 0 Å². The summed E-state index contributed by atoms with van der Waals surface area (Å²) >= 11 is 0. The molecule has 0 aliphatic heterocycles. The molecule has 1 aromatic rings. The van der Waals surface area contributed by atoms with E-state index in [2.05, 4.69) is 0 Å². The van der Waals surface area contributed by atoms with Crippen LogP contribution in [-0.2, 0) is 20.9 Å². The zero-order valence-corrected chi connectivity index (χ0v) is 12.0. The maximum atomic E-state index is 11.7. The van der Waals surface area contributed by atoms with Crippen molar-refractivity contribution in [2.75, 3.05) is 6.54 Å². The summed E-state index contributed by atoms with van der Waals surface area (Å²) in [5.41, 5.74) is 0.452. The van der Waals surface area contributed by atoms with Crippen LogP contribution in [0.4, 0.5) is 0 Å². The molecule has 1 rings (SSSR count). The lowest BCUT2D eigenvalue weighted by Crippen LogP contribution is -2.37. The van der Waals surface area contributed by atoms with Crippen molar-refractivity contribution in [1.29, 1.82) is 0 Å². The third-order valence-electron chi connectivity index (χ3n) is 2.40. The van der Waals surface area contributed by atoms with E-state index >= 15 is 0 Å². The fourth-order valence-electron chi connectivity index (χ4n) is 1.61. The van der Waals surface area contributed by atoms with Gasteiger partial charge in [-0.15, -0.1) is 0 Å². The molecule has 0 aliphatic rings. The van der Waals surface area contributed by atoms with Crippen LogP contribution in [0.3, 0.4) is 0 Å². The molecule has 0 atom stereocenters. The van der Waals surface area contributed by atoms with Gasteiger partial charge in [-0.2, -0.15) is 0 Å². The van der Waals surface area contributed by atoms with Crippen LogP contribution in [0.5, 0.6) is 0 Å². The van der Waals surface area contributed by atoms with Gasteiger partial charge in [0.1, 0.15) is 12.1 Å². The van der Waals surface area contributed by atoms with E-state index in [1.54, 1.807) is 20.8 Å². The largest absolute Gasteiger partial charge is 0.459 e. The summed E-state index contributed by atoms with van der Waals surface area (Å²) < 4.78 is 5.22. The third kappa shape index (κ3) is 6.04. The molecule has 0 aliphatic carbocycles. The highest BCUT2D eigenvalue weighted by Crippen LogP contribution is 2.09. The minimum absolute atomic E-state index is 0.0263. The van der Waals surface area contributed by atoms with Gasteiger partial charge in [-0.1, -0.05) is 30.3 Å². The van der Waals surface area contributed by atoms with Crippen LogP contribution in [0, 0.1) is 0 Å². The summed E-state index contributed by atoms with van der Waals surface area (Å²) in [6, 6.07) is 9.56. The highest BCUT2D eigenvalue weighted by Gasteiger charge is 2.20. The number of carbonyl (C=O) groups excluding carboxylic acids is 2. The molecule has 0 N–H and O–H groups in total. The molecule has 4 heteroatoms. The Labute approximate surface area is 114 Å². The average molecular weight is 263 g/mol. The molecule has 0 heterocycles. The first kappa shape index (κ1) is 15.2. The molecule has 0 saturated carbocycles. The molecule has 4 nitrogen and oxygen atoms in total. The number of rotatable bonds is 4. The number of ether oxygens (including phenoxy) is 1. The molecule has 0 saturated heterocycles. The molecule has 0 unspecified atom stereocenters. The second-order valence-corrected chi connectivity index (χ2v) is 5.45. The number of nitrogens with zero attached hydrogens (tertiary/aromatic N) is 1. The van der Waals surface area contributed by atoms with Crippen molar-refractivity contribution in [1.82, 2.24) is 4.90 Å². The van der Waals surface area contributed by atoms with Crippen LogP contribution in [0.2, 0.25) is 0 Å². The summed E-state index contributed by atoms with van der Waals surface area (Å²) in [4.78, 5) is 24.8. The molecule has 0 aromatic heterocycles. The molecule has 19 heavy (non-hydrogen) atoms. The highest BCUT2D eigenvalue weighted by atomic mass is 16.6. The number of amides is 1. The fraction of sp³-hybridized carbons (Fsp3) is 0.467. The van der Waals surface area contributed by atoms with Crippen LogP contribution in [0.1, 0.15) is 33.3 Å². The van der Waals surface area contributed by atoms with Crippen LogP contribution < -0.4 is 0 Å². The standard InChI is InChI=1S/C15H21NO3/c1-12(17)16(10-13-8-6-5-7-9-13)11-14(18)19-15(2,3)4/h5-9H,10-11H2,1-4H3. The molecule has 0 radical (unpaired) electrons. The van der Waals surface area contributed by atoms with E-state index in [1.165, 1.54) is 11.8 Å². The fourth-order valence-corrected chi connectivity index (χ4v) is 1.61. The van der Waals surface area contributed by atoms with Crippen LogP contribution in [0.25, 0.3) is 0 Å². The number of hydrogen-bond donors (Lipinski definition) is 0. The van der Waals surface area contributed by atoms with Gasteiger partial charge in [0.15, 0.2) is 0 Å². The molecular formula is C15H21NO3. The first-order chi connectivity index (χ1) is 8.78. The number of hydrogen-bond acceptors (Lipinski definition) is 3. The lowest BCUT2D eigenvalue weighted by molar-refractivity contribution is -0.158. The van der Waals surface area contributed by atoms with E-state index in [-0.39, 0.29) is 12.5 Å². The lowest BCUT2D eigenvalue weighted by atomic mass is 10.2. The van der Waals surface area contributed by atoms with E-state index in [0.29, 0.717) is 6.54 Å². The molecule has 0 bridgehead atoms. The summed E-state index contributed by atoms with van der Waals surface area (Å²) in [7, 11) is 0. The zero-order chi connectivity index (χ0) is 14.5. The van der Waals surface area contributed by atoms with Gasteiger partial charge in [0.2, 0.25) is 5.91 Å². The summed E-state index contributed by atoms with van der Waals surface area (Å²) in [5.74, 6) is -0.534. The Hall–Kier alpha value is -1.84. The molecule has 0 fully saturated rings. The van der Waals surface area contributed by atoms with Gasteiger partial charge in [0, 0.05) is 13.5 Å². The molecule has 1 aromatic carbocycles. The summed E-state index contributed by atoms with van der Waals surface area (Å²) in [5, 5.41) is 0. The normalized spacial score (nSPS) is 10.9. The van der Waals surface area contributed by atoms with Crippen LogP contribution >= 0.6 is 0 Å². The van der Waals surface area contributed by atoms with Gasteiger partial charge in [-0.25, -0.2) is 0 Å². The lowest BCUT2D eigenvalue weighted by Gasteiger charge is -2.24. The van der Waals surface area contributed by atoms with E-state index in [0.717, 1.165) is 5.56 Å². The second kappa shape index (κ2) is 6.36. The molecule has 0 spiro atoms. The quantitative estimate of drug-likeness (QED) is 0.783. The molecule has 104 valence electrons. The number of benzene rings is 1. The Morgan fingerprint density at radius 3 is 2.21 bits per heavy atom. The Bertz CT molecular complexity index is 434. The minimum Gasteiger partial charge on any atom is -0.459 e. The maximum Gasteiger partial charge on any atom is 0.326 e. The second-order valence-electron chi connectivity index (χ2n) is 5.45. The van der Waals surface area contributed by atoms with Crippen molar-refractivity contribution in [3.63, 3.8) is 0 Å². The van der Waals surface area contributed by atoms with Gasteiger partial charge in [-0.05, 0) is 26.3 Å². The Kier molecular flexibility index (Phi) is 5.10. The van der Waals surface area contributed by atoms with Gasteiger partial charge in [0.05, 0.1) is 0 Å². The first-order valence-corrected chi connectivity index (χ1v) is 6.29. The molecular weight excluding hydrogens is 242 g/mol. The van der Waals surface area contributed by atoms with Crippen molar-refractivity contribution in [3.05, 3.63) is 35.9 Å². The molecule has 1 amide bonds. The minimum atomic E-state index is -0.535. The van der Waals surface area contributed by atoms with Crippen LogP contribution in [0.15, 0.2) is 30.3 Å². The predicted octanol–water partition coefficient (Wildman–Crippen LogP) is 2.38.